The maximum absolute atomic E-state index is 14.2. The molecule has 1 atom stereocenters. The van der Waals surface area contributed by atoms with E-state index in [1.54, 1.807) is 31.2 Å². The van der Waals surface area contributed by atoms with Gasteiger partial charge in [0.25, 0.3) is 10.0 Å². The van der Waals surface area contributed by atoms with E-state index in [0.29, 0.717) is 17.1 Å². The largest absolute Gasteiger partial charge is 0.497 e. The second-order valence-corrected chi connectivity index (χ2v) is 11.3. The van der Waals surface area contributed by atoms with Crippen molar-refractivity contribution in [2.24, 2.45) is 0 Å². The Morgan fingerprint density at radius 3 is 2.05 bits per heavy atom. The van der Waals surface area contributed by atoms with Crippen molar-refractivity contribution in [3.05, 3.63) is 71.2 Å². The first-order valence-electron chi connectivity index (χ1n) is 12.7. The molecule has 0 aliphatic heterocycles. The highest BCUT2D eigenvalue weighted by Crippen LogP contribution is 2.37. The summed E-state index contributed by atoms with van der Waals surface area (Å²) in [6.07, 6.45) is 0. The summed E-state index contributed by atoms with van der Waals surface area (Å²) in [6.45, 7) is 0.909. The van der Waals surface area contributed by atoms with Gasteiger partial charge in [-0.3, -0.25) is 13.9 Å². The summed E-state index contributed by atoms with van der Waals surface area (Å²) in [6, 6.07) is 14.6. The Kier molecular flexibility index (Phi) is 10.9. The summed E-state index contributed by atoms with van der Waals surface area (Å²) in [7, 11) is 2.75. The van der Waals surface area contributed by atoms with E-state index in [2.05, 4.69) is 5.32 Å². The molecule has 0 radical (unpaired) electrons. The zero-order valence-corrected chi connectivity index (χ0v) is 25.8. The van der Waals surface area contributed by atoms with Gasteiger partial charge in [0.15, 0.2) is 11.5 Å². The third-order valence-electron chi connectivity index (χ3n) is 6.56. The maximum Gasteiger partial charge on any atom is 0.265 e. The number of rotatable bonds is 13. The summed E-state index contributed by atoms with van der Waals surface area (Å²) < 4.78 is 50.5. The number of ether oxygens (including phenoxy) is 4. The van der Waals surface area contributed by atoms with Gasteiger partial charge < -0.3 is 29.2 Å². The van der Waals surface area contributed by atoms with Crippen molar-refractivity contribution in [3.8, 4) is 23.0 Å². The quantitative estimate of drug-likeness (QED) is 0.307. The number of benzene rings is 3. The molecule has 1 unspecified atom stereocenters. The second-order valence-electron chi connectivity index (χ2n) is 9.00. The number of nitrogens with zero attached hydrogens (tertiary/aromatic N) is 2. The van der Waals surface area contributed by atoms with Crippen LogP contribution in [0.15, 0.2) is 65.6 Å². The second kappa shape index (κ2) is 14.1. The molecule has 226 valence electrons. The number of amides is 2. The lowest BCUT2D eigenvalue weighted by atomic mass is 10.1. The van der Waals surface area contributed by atoms with E-state index >= 15 is 0 Å². The van der Waals surface area contributed by atoms with Gasteiger partial charge >= 0.3 is 0 Å². The summed E-state index contributed by atoms with van der Waals surface area (Å²) in [5, 5.41) is 2.77. The number of methoxy groups -OCH3 is 4. The Balaban J connectivity index is 2.13. The molecule has 42 heavy (non-hydrogen) atoms. The molecule has 3 aromatic carbocycles. The number of carbonyl (C=O) groups excluding carboxylic acids is 2. The van der Waals surface area contributed by atoms with Gasteiger partial charge in [0.05, 0.1) is 39.0 Å². The number of nitrogens with one attached hydrogen (secondary N) is 1. The maximum atomic E-state index is 14.2. The smallest absolute Gasteiger partial charge is 0.265 e. The summed E-state index contributed by atoms with van der Waals surface area (Å²) in [4.78, 5) is 27.8. The molecule has 13 heteroatoms. The van der Waals surface area contributed by atoms with E-state index in [9.17, 15) is 18.0 Å². The Morgan fingerprint density at radius 2 is 1.48 bits per heavy atom. The summed E-state index contributed by atoms with van der Waals surface area (Å²) in [5.74, 6) is 0.217. The van der Waals surface area contributed by atoms with Crippen molar-refractivity contribution in [1.29, 1.82) is 0 Å². The third kappa shape index (κ3) is 7.18. The number of hydrogen-bond acceptors (Lipinski definition) is 8. The van der Waals surface area contributed by atoms with E-state index in [0.717, 1.165) is 4.31 Å². The number of anilines is 1. The molecule has 0 aliphatic carbocycles. The number of hydrogen-bond donors (Lipinski definition) is 1. The minimum atomic E-state index is -4.43. The molecule has 0 aliphatic rings. The monoisotopic (exact) mass is 619 g/mol. The van der Waals surface area contributed by atoms with Gasteiger partial charge in [0, 0.05) is 24.7 Å². The third-order valence-corrected chi connectivity index (χ3v) is 8.55. The van der Waals surface area contributed by atoms with Crippen molar-refractivity contribution in [3.63, 3.8) is 0 Å². The van der Waals surface area contributed by atoms with Crippen LogP contribution in [0.2, 0.25) is 5.02 Å². The Bertz CT molecular complexity index is 1520. The predicted molar refractivity (Wildman–Crippen MR) is 159 cm³/mol. The van der Waals surface area contributed by atoms with Crippen molar-refractivity contribution < 1.29 is 37.0 Å². The highest BCUT2D eigenvalue weighted by molar-refractivity contribution is 7.92. The van der Waals surface area contributed by atoms with E-state index in [-0.39, 0.29) is 33.6 Å². The summed E-state index contributed by atoms with van der Waals surface area (Å²) >= 11 is 6.27. The molecule has 0 aromatic heterocycles. The molecular weight excluding hydrogens is 586 g/mol. The van der Waals surface area contributed by atoms with Gasteiger partial charge in [-0.1, -0.05) is 23.7 Å². The van der Waals surface area contributed by atoms with Crippen molar-refractivity contribution >= 4 is 39.1 Å². The standard InChI is InChI=1S/C29H34ClN3O8S/c1-19(29(35)31-2)32(17-20-7-10-22(38-3)11-8-20)28(34)18-33(24-15-21(30)9-13-25(24)39-4)42(36,37)23-12-14-26(40-5)27(16-23)41-6/h7-16,19H,17-18H2,1-6H3,(H,31,35). The van der Waals surface area contributed by atoms with E-state index < -0.39 is 34.4 Å². The van der Waals surface area contributed by atoms with Crippen molar-refractivity contribution in [2.75, 3.05) is 46.3 Å². The van der Waals surface area contributed by atoms with Gasteiger partial charge in [0.1, 0.15) is 24.1 Å². The van der Waals surface area contributed by atoms with Gasteiger partial charge in [-0.2, -0.15) is 0 Å². The minimum absolute atomic E-state index is 0.0222. The van der Waals surface area contributed by atoms with Crippen LogP contribution in [0.5, 0.6) is 23.0 Å². The molecule has 0 saturated heterocycles. The Labute approximate surface area is 250 Å². The average molecular weight is 620 g/mol. The molecular formula is C29H34ClN3O8S. The Morgan fingerprint density at radius 1 is 0.857 bits per heavy atom. The van der Waals surface area contributed by atoms with Crippen LogP contribution in [0.4, 0.5) is 5.69 Å². The zero-order chi connectivity index (χ0) is 31.0. The van der Waals surface area contributed by atoms with Crippen LogP contribution in [0.3, 0.4) is 0 Å². The van der Waals surface area contributed by atoms with Crippen LogP contribution in [0.1, 0.15) is 12.5 Å². The van der Waals surface area contributed by atoms with E-state index in [1.165, 1.54) is 76.8 Å². The minimum Gasteiger partial charge on any atom is -0.497 e. The average Bonchev–Trinajstić information content (AvgIpc) is 3.01. The molecule has 0 bridgehead atoms. The number of likely N-dealkylation sites (N-methyl/N-ethyl adjacent to an activating group) is 1. The number of carbonyl (C=O) groups is 2. The van der Waals surface area contributed by atoms with Crippen LogP contribution in [0.25, 0.3) is 0 Å². The van der Waals surface area contributed by atoms with Gasteiger partial charge in [-0.05, 0) is 55.0 Å². The molecule has 3 rings (SSSR count). The molecule has 0 spiro atoms. The van der Waals surface area contributed by atoms with Gasteiger partial charge in [-0.15, -0.1) is 0 Å². The molecule has 0 heterocycles. The van der Waals surface area contributed by atoms with Crippen molar-refractivity contribution in [1.82, 2.24) is 10.2 Å². The summed E-state index contributed by atoms with van der Waals surface area (Å²) in [5.41, 5.74) is 0.736. The SMILES string of the molecule is CNC(=O)C(C)N(Cc1ccc(OC)cc1)C(=O)CN(c1cc(Cl)ccc1OC)S(=O)(=O)c1ccc(OC)c(OC)c1. The van der Waals surface area contributed by atoms with Crippen LogP contribution in [-0.4, -0.2) is 73.2 Å². The van der Waals surface area contributed by atoms with Gasteiger partial charge in [-0.25, -0.2) is 8.42 Å². The highest BCUT2D eigenvalue weighted by atomic mass is 35.5. The van der Waals surface area contributed by atoms with E-state index in [1.807, 2.05) is 0 Å². The molecule has 2 amide bonds. The number of halogens is 1. The van der Waals surface area contributed by atoms with Gasteiger partial charge in [0.2, 0.25) is 11.8 Å². The normalized spacial score (nSPS) is 11.7. The van der Waals surface area contributed by atoms with Crippen molar-refractivity contribution in [2.45, 2.75) is 24.4 Å². The predicted octanol–water partition coefficient (Wildman–Crippen LogP) is 3.73. The van der Waals surface area contributed by atoms with Crippen LogP contribution >= 0.6 is 11.6 Å². The Hall–Kier alpha value is -4.16. The highest BCUT2D eigenvalue weighted by Gasteiger charge is 2.34. The molecule has 0 fully saturated rings. The topological polar surface area (TPSA) is 124 Å². The molecule has 1 N–H and O–H groups in total. The number of sulfonamides is 1. The zero-order valence-electron chi connectivity index (χ0n) is 24.2. The fourth-order valence-corrected chi connectivity index (χ4v) is 5.79. The van der Waals surface area contributed by atoms with E-state index in [4.69, 9.17) is 30.5 Å². The fourth-order valence-electron chi connectivity index (χ4n) is 4.19. The first-order valence-corrected chi connectivity index (χ1v) is 14.5. The lowest BCUT2D eigenvalue weighted by molar-refractivity contribution is -0.139. The fraction of sp³-hybridized carbons (Fsp3) is 0.310. The first-order chi connectivity index (χ1) is 20.0. The van der Waals surface area contributed by atoms with Crippen LogP contribution in [0, 0.1) is 0 Å². The van der Waals surface area contributed by atoms with Crippen LogP contribution in [-0.2, 0) is 26.2 Å². The molecule has 11 nitrogen and oxygen atoms in total. The molecule has 3 aromatic rings. The molecule has 0 saturated carbocycles. The first kappa shape index (κ1) is 32.4. The lowest BCUT2D eigenvalue weighted by Crippen LogP contribution is -2.50. The lowest BCUT2D eigenvalue weighted by Gasteiger charge is -2.32. The van der Waals surface area contributed by atoms with Crippen LogP contribution < -0.4 is 28.6 Å².